The number of benzene rings is 2. The predicted octanol–water partition coefficient (Wildman–Crippen LogP) is 9.22. The third-order valence-electron chi connectivity index (χ3n) is 5.96. The number of aromatic nitrogens is 1. The standard InChI is InChI=1S/C29H34N2S/c1-2-3-4-5-6-7-8-9-10-11-24-12-14-25(15-13-24)27-18-21-29(30-22-27)26-16-19-28(20-17-26)31-23-32/h12-22H,2-11H2,1H3. The molecule has 0 bridgehead atoms. The normalized spacial score (nSPS) is 10.7. The van der Waals surface area contributed by atoms with Crippen molar-refractivity contribution in [2.24, 2.45) is 4.99 Å². The van der Waals surface area contributed by atoms with Crippen LogP contribution in [0.5, 0.6) is 0 Å². The Morgan fingerprint density at radius 1 is 0.688 bits per heavy atom. The number of thiocarbonyl (C=S) groups is 1. The number of hydrogen-bond acceptors (Lipinski definition) is 3. The zero-order valence-electron chi connectivity index (χ0n) is 19.2. The van der Waals surface area contributed by atoms with Crippen LogP contribution in [-0.4, -0.2) is 10.1 Å². The molecule has 0 radical (unpaired) electrons. The molecule has 3 heteroatoms. The van der Waals surface area contributed by atoms with Gasteiger partial charge >= 0.3 is 0 Å². The van der Waals surface area contributed by atoms with E-state index < -0.39 is 0 Å². The molecule has 166 valence electrons. The fourth-order valence-corrected chi connectivity index (χ4v) is 4.10. The first-order valence-electron chi connectivity index (χ1n) is 12.0. The molecule has 0 spiro atoms. The first kappa shape index (κ1) is 24.0. The van der Waals surface area contributed by atoms with Crippen molar-refractivity contribution >= 4 is 23.1 Å². The summed E-state index contributed by atoms with van der Waals surface area (Å²) >= 11 is 4.65. The average molecular weight is 443 g/mol. The lowest BCUT2D eigenvalue weighted by atomic mass is 10.0. The molecule has 0 amide bonds. The van der Waals surface area contributed by atoms with E-state index in [1.54, 1.807) is 0 Å². The Balaban J connectivity index is 1.45. The summed E-state index contributed by atoms with van der Waals surface area (Å²) < 4.78 is 0. The molecule has 32 heavy (non-hydrogen) atoms. The van der Waals surface area contributed by atoms with Crippen LogP contribution in [0.25, 0.3) is 22.4 Å². The highest BCUT2D eigenvalue weighted by atomic mass is 32.1. The molecule has 0 saturated heterocycles. The van der Waals surface area contributed by atoms with Crippen LogP contribution in [0, 0.1) is 0 Å². The van der Waals surface area contributed by atoms with Gasteiger partial charge in [0.1, 0.15) is 0 Å². The number of isothiocyanates is 1. The maximum absolute atomic E-state index is 4.66. The Hall–Kier alpha value is -2.61. The molecule has 0 saturated carbocycles. The summed E-state index contributed by atoms with van der Waals surface area (Å²) in [6, 6.07) is 21.1. The van der Waals surface area contributed by atoms with Crippen LogP contribution in [0.3, 0.4) is 0 Å². The minimum atomic E-state index is 0.808. The first-order chi connectivity index (χ1) is 15.8. The molecule has 0 aliphatic heterocycles. The number of hydrogen-bond donors (Lipinski definition) is 0. The number of aliphatic imine (C=N–C) groups is 1. The van der Waals surface area contributed by atoms with Crippen molar-refractivity contribution in [2.45, 2.75) is 71.1 Å². The summed E-state index contributed by atoms with van der Waals surface area (Å²) in [4.78, 5) is 8.65. The van der Waals surface area contributed by atoms with Crippen molar-refractivity contribution in [2.75, 3.05) is 0 Å². The van der Waals surface area contributed by atoms with Crippen LogP contribution in [0.2, 0.25) is 0 Å². The van der Waals surface area contributed by atoms with E-state index >= 15 is 0 Å². The molecular weight excluding hydrogens is 408 g/mol. The van der Waals surface area contributed by atoms with Crippen molar-refractivity contribution in [1.82, 2.24) is 4.98 Å². The van der Waals surface area contributed by atoms with E-state index in [1.807, 2.05) is 30.5 Å². The number of pyridine rings is 1. The summed E-state index contributed by atoms with van der Waals surface area (Å²) in [5, 5.41) is 2.39. The third kappa shape index (κ3) is 7.82. The second-order valence-electron chi connectivity index (χ2n) is 8.46. The van der Waals surface area contributed by atoms with Gasteiger partial charge in [0, 0.05) is 17.3 Å². The van der Waals surface area contributed by atoms with Gasteiger partial charge in [-0.15, -0.1) is 0 Å². The lowest BCUT2D eigenvalue weighted by Gasteiger charge is -2.07. The molecule has 0 N–H and O–H groups in total. The van der Waals surface area contributed by atoms with Gasteiger partial charge in [-0.25, -0.2) is 0 Å². The van der Waals surface area contributed by atoms with Gasteiger partial charge in [-0.1, -0.05) is 101 Å². The van der Waals surface area contributed by atoms with Gasteiger partial charge in [-0.2, -0.15) is 4.99 Å². The molecule has 2 nitrogen and oxygen atoms in total. The maximum Gasteiger partial charge on any atom is 0.0740 e. The second kappa shape index (κ2) is 13.7. The second-order valence-corrected chi connectivity index (χ2v) is 8.64. The predicted molar refractivity (Wildman–Crippen MR) is 141 cm³/mol. The van der Waals surface area contributed by atoms with Crippen molar-refractivity contribution < 1.29 is 0 Å². The van der Waals surface area contributed by atoms with Gasteiger partial charge in [-0.3, -0.25) is 4.98 Å². The van der Waals surface area contributed by atoms with Crippen LogP contribution in [0.1, 0.15) is 70.3 Å². The Bertz CT molecular complexity index is 969. The molecule has 0 unspecified atom stereocenters. The lowest BCUT2D eigenvalue weighted by molar-refractivity contribution is 0.565. The van der Waals surface area contributed by atoms with E-state index in [1.165, 1.54) is 75.3 Å². The van der Waals surface area contributed by atoms with E-state index in [-0.39, 0.29) is 0 Å². The van der Waals surface area contributed by atoms with Crippen molar-refractivity contribution in [3.63, 3.8) is 0 Å². The van der Waals surface area contributed by atoms with Gasteiger partial charge in [-0.05, 0) is 54.4 Å². The fourth-order valence-electron chi connectivity index (χ4n) is 4.00. The molecule has 2 aromatic carbocycles. The van der Waals surface area contributed by atoms with Gasteiger partial charge < -0.3 is 0 Å². The van der Waals surface area contributed by atoms with E-state index in [0.29, 0.717) is 0 Å². The Morgan fingerprint density at radius 3 is 1.88 bits per heavy atom. The molecule has 3 rings (SSSR count). The fraction of sp³-hybridized carbons (Fsp3) is 0.379. The minimum absolute atomic E-state index is 0.808. The smallest absolute Gasteiger partial charge is 0.0740 e. The summed E-state index contributed by atoms with van der Waals surface area (Å²) in [6.07, 6.45) is 15.5. The maximum atomic E-state index is 4.66. The highest BCUT2D eigenvalue weighted by Crippen LogP contribution is 2.25. The van der Waals surface area contributed by atoms with Crippen LogP contribution in [0.15, 0.2) is 71.9 Å². The number of nitrogens with zero attached hydrogens (tertiary/aromatic N) is 2. The van der Waals surface area contributed by atoms with Crippen LogP contribution in [0.4, 0.5) is 5.69 Å². The highest BCUT2D eigenvalue weighted by molar-refractivity contribution is 7.78. The molecule has 0 aliphatic carbocycles. The molecular formula is C29H34N2S. The lowest BCUT2D eigenvalue weighted by Crippen LogP contribution is -1.88. The van der Waals surface area contributed by atoms with Gasteiger partial charge in [0.2, 0.25) is 0 Å². The molecule has 1 heterocycles. The Labute approximate surface area is 198 Å². The summed E-state index contributed by atoms with van der Waals surface area (Å²) in [7, 11) is 0. The zero-order valence-corrected chi connectivity index (χ0v) is 20.0. The summed E-state index contributed by atoms with van der Waals surface area (Å²) in [6.45, 7) is 2.28. The van der Waals surface area contributed by atoms with E-state index in [0.717, 1.165) is 22.5 Å². The summed E-state index contributed by atoms with van der Waals surface area (Å²) in [5.74, 6) is 0. The van der Waals surface area contributed by atoms with Crippen molar-refractivity contribution in [1.29, 1.82) is 0 Å². The molecule has 1 aromatic heterocycles. The largest absolute Gasteiger partial charge is 0.256 e. The number of aryl methyl sites for hydroxylation is 1. The highest BCUT2D eigenvalue weighted by Gasteiger charge is 2.03. The molecule has 0 fully saturated rings. The number of unbranched alkanes of at least 4 members (excludes halogenated alkanes) is 8. The average Bonchev–Trinajstić information content (AvgIpc) is 2.84. The van der Waals surface area contributed by atoms with Crippen LogP contribution >= 0.6 is 12.2 Å². The zero-order chi connectivity index (χ0) is 22.4. The van der Waals surface area contributed by atoms with Crippen molar-refractivity contribution in [3.05, 3.63) is 72.4 Å². The topological polar surface area (TPSA) is 25.2 Å². The van der Waals surface area contributed by atoms with Crippen molar-refractivity contribution in [3.8, 4) is 22.4 Å². The van der Waals surface area contributed by atoms with Gasteiger partial charge in [0.05, 0.1) is 16.5 Å². The van der Waals surface area contributed by atoms with E-state index in [9.17, 15) is 0 Å². The van der Waals surface area contributed by atoms with Crippen LogP contribution < -0.4 is 0 Å². The van der Waals surface area contributed by atoms with Gasteiger partial charge in [0.15, 0.2) is 0 Å². The monoisotopic (exact) mass is 442 g/mol. The van der Waals surface area contributed by atoms with E-state index in [2.05, 4.69) is 70.7 Å². The van der Waals surface area contributed by atoms with Gasteiger partial charge in [0.25, 0.3) is 0 Å². The van der Waals surface area contributed by atoms with E-state index in [4.69, 9.17) is 0 Å². The quantitative estimate of drug-likeness (QED) is 0.150. The molecule has 0 aliphatic rings. The van der Waals surface area contributed by atoms with Crippen LogP contribution in [-0.2, 0) is 6.42 Å². The Morgan fingerprint density at radius 2 is 1.28 bits per heavy atom. The third-order valence-corrected chi connectivity index (χ3v) is 6.05. The molecule has 3 aromatic rings. The summed E-state index contributed by atoms with van der Waals surface area (Å²) in [5.41, 5.74) is 6.61. The number of rotatable bonds is 13. The SMILES string of the molecule is CCCCCCCCCCCc1ccc(-c2ccc(-c3ccc(N=C=S)cc3)nc2)cc1. The Kier molecular flexibility index (Phi) is 10.3. The first-order valence-corrected chi connectivity index (χ1v) is 12.4. The minimum Gasteiger partial charge on any atom is -0.256 e. The molecule has 0 atom stereocenters.